The van der Waals surface area contributed by atoms with Gasteiger partial charge in [-0.05, 0) is 64.2 Å². The monoisotopic (exact) mass is 425 g/mol. The van der Waals surface area contributed by atoms with Crippen LogP contribution < -0.4 is 9.64 Å². The van der Waals surface area contributed by atoms with E-state index in [1.807, 2.05) is 56.0 Å². The highest BCUT2D eigenvalue weighted by molar-refractivity contribution is 7.22. The largest absolute Gasteiger partial charge is 0.494 e. The van der Waals surface area contributed by atoms with Crippen molar-refractivity contribution in [3.8, 4) is 5.75 Å². The quantitative estimate of drug-likeness (QED) is 0.467. The van der Waals surface area contributed by atoms with Gasteiger partial charge < -0.3 is 9.64 Å². The summed E-state index contributed by atoms with van der Waals surface area (Å²) < 4.78 is 6.65. The summed E-state index contributed by atoms with van der Waals surface area (Å²) in [5, 5.41) is 0.731. The molecule has 2 aromatic carbocycles. The number of aryl methyl sites for hydroxylation is 2. The summed E-state index contributed by atoms with van der Waals surface area (Å²) in [4.78, 5) is 22.5. The Kier molecular flexibility index (Phi) is 7.45. The van der Waals surface area contributed by atoms with Crippen LogP contribution in [0.25, 0.3) is 10.2 Å². The molecule has 0 aliphatic heterocycles. The summed E-state index contributed by atoms with van der Waals surface area (Å²) in [6.07, 6.45) is 0. The second-order valence-electron chi connectivity index (χ2n) is 7.42. The van der Waals surface area contributed by atoms with E-state index in [1.165, 1.54) is 11.3 Å². The number of hydrogen-bond acceptors (Lipinski definition) is 5. The van der Waals surface area contributed by atoms with Gasteiger partial charge in [0, 0.05) is 18.7 Å². The SMILES string of the molecule is CCOc1ccc2nc(N(CCN(CC)CC)C(=O)c3cc(C)cc(C)c3)sc2c1. The molecule has 1 aromatic heterocycles. The van der Waals surface area contributed by atoms with E-state index >= 15 is 0 Å². The van der Waals surface area contributed by atoms with Gasteiger partial charge in [0.05, 0.1) is 16.8 Å². The minimum Gasteiger partial charge on any atom is -0.494 e. The van der Waals surface area contributed by atoms with Crippen LogP contribution >= 0.6 is 11.3 Å². The first kappa shape index (κ1) is 22.2. The standard InChI is InChI=1S/C24H31N3O2S/c1-6-26(7-2)11-12-27(23(28)19-14-17(4)13-18(5)15-19)24-25-21-10-9-20(29-8-3)16-22(21)30-24/h9-10,13-16H,6-8,11-12H2,1-5H3. The lowest BCUT2D eigenvalue weighted by Gasteiger charge is -2.25. The van der Waals surface area contributed by atoms with Gasteiger partial charge in [0.2, 0.25) is 0 Å². The Balaban J connectivity index is 1.97. The first-order valence-electron chi connectivity index (χ1n) is 10.6. The zero-order chi connectivity index (χ0) is 21.7. The molecule has 0 atom stereocenters. The number of benzene rings is 2. The number of rotatable bonds is 9. The van der Waals surface area contributed by atoms with E-state index in [-0.39, 0.29) is 5.91 Å². The number of ether oxygens (including phenoxy) is 1. The third-order valence-corrected chi connectivity index (χ3v) is 6.18. The van der Waals surface area contributed by atoms with Crippen LogP contribution in [0, 0.1) is 13.8 Å². The molecule has 0 spiro atoms. The van der Waals surface area contributed by atoms with E-state index < -0.39 is 0 Å². The van der Waals surface area contributed by atoms with Gasteiger partial charge in [-0.1, -0.05) is 42.4 Å². The van der Waals surface area contributed by atoms with Crippen LogP contribution in [-0.4, -0.2) is 48.6 Å². The molecule has 5 nitrogen and oxygen atoms in total. The number of anilines is 1. The summed E-state index contributed by atoms with van der Waals surface area (Å²) in [6, 6.07) is 11.9. The number of likely N-dealkylation sites (N-methyl/N-ethyl adjacent to an activating group) is 1. The van der Waals surface area contributed by atoms with E-state index in [2.05, 4.69) is 24.8 Å². The molecule has 0 bridgehead atoms. The second kappa shape index (κ2) is 10.0. The van der Waals surface area contributed by atoms with E-state index in [4.69, 9.17) is 9.72 Å². The lowest BCUT2D eigenvalue weighted by molar-refractivity contribution is 0.0983. The number of aromatic nitrogens is 1. The molecule has 1 heterocycles. The van der Waals surface area contributed by atoms with Crippen LogP contribution in [-0.2, 0) is 0 Å². The Morgan fingerprint density at radius 2 is 1.70 bits per heavy atom. The molecule has 160 valence electrons. The van der Waals surface area contributed by atoms with Crippen LogP contribution in [0.4, 0.5) is 5.13 Å². The Hall–Kier alpha value is -2.44. The topological polar surface area (TPSA) is 45.7 Å². The highest BCUT2D eigenvalue weighted by atomic mass is 32.1. The fourth-order valence-electron chi connectivity index (χ4n) is 3.58. The summed E-state index contributed by atoms with van der Waals surface area (Å²) >= 11 is 1.54. The minimum absolute atomic E-state index is 0.00181. The third-order valence-electron chi connectivity index (χ3n) is 5.14. The maximum absolute atomic E-state index is 13.5. The molecule has 3 aromatic rings. The predicted molar refractivity (Wildman–Crippen MR) is 126 cm³/mol. The molecule has 1 amide bonds. The van der Waals surface area contributed by atoms with E-state index in [1.54, 1.807) is 0 Å². The van der Waals surface area contributed by atoms with Crippen LogP contribution in [0.2, 0.25) is 0 Å². The van der Waals surface area contributed by atoms with E-state index in [0.29, 0.717) is 18.7 Å². The van der Waals surface area contributed by atoms with Gasteiger partial charge >= 0.3 is 0 Å². The molecular weight excluding hydrogens is 394 g/mol. The highest BCUT2D eigenvalue weighted by Crippen LogP contribution is 2.32. The number of hydrogen-bond donors (Lipinski definition) is 0. The first-order valence-corrected chi connectivity index (χ1v) is 11.4. The second-order valence-corrected chi connectivity index (χ2v) is 8.43. The molecule has 0 aliphatic carbocycles. The molecule has 0 fully saturated rings. The highest BCUT2D eigenvalue weighted by Gasteiger charge is 2.22. The number of fused-ring (bicyclic) bond motifs is 1. The number of nitrogens with zero attached hydrogens (tertiary/aromatic N) is 3. The number of carbonyl (C=O) groups excluding carboxylic acids is 1. The molecule has 0 aliphatic rings. The van der Waals surface area contributed by atoms with Crippen molar-refractivity contribution in [1.29, 1.82) is 0 Å². The summed E-state index contributed by atoms with van der Waals surface area (Å²) in [5.41, 5.74) is 3.78. The van der Waals surface area contributed by atoms with Gasteiger partial charge in [0.15, 0.2) is 5.13 Å². The summed E-state index contributed by atoms with van der Waals surface area (Å²) in [7, 11) is 0. The maximum atomic E-state index is 13.5. The number of carbonyl (C=O) groups is 1. The molecule has 6 heteroatoms. The zero-order valence-electron chi connectivity index (χ0n) is 18.6. The molecule has 30 heavy (non-hydrogen) atoms. The minimum atomic E-state index is -0.00181. The Morgan fingerprint density at radius 1 is 1.00 bits per heavy atom. The molecule has 0 radical (unpaired) electrons. The first-order chi connectivity index (χ1) is 14.4. The average Bonchev–Trinajstić information content (AvgIpc) is 3.13. The van der Waals surface area contributed by atoms with Crippen molar-refractivity contribution >= 4 is 32.6 Å². The molecule has 0 saturated carbocycles. The summed E-state index contributed by atoms with van der Waals surface area (Å²) in [6.45, 7) is 14.3. The Labute approximate surface area is 183 Å². The smallest absolute Gasteiger partial charge is 0.260 e. The normalized spacial score (nSPS) is 11.3. The Morgan fingerprint density at radius 3 is 2.33 bits per heavy atom. The van der Waals surface area contributed by atoms with Gasteiger partial charge in [0.25, 0.3) is 5.91 Å². The van der Waals surface area contributed by atoms with Gasteiger partial charge in [-0.2, -0.15) is 0 Å². The predicted octanol–water partition coefficient (Wildman–Crippen LogP) is 5.30. The fraction of sp³-hybridized carbons (Fsp3) is 0.417. The van der Waals surface area contributed by atoms with E-state index in [9.17, 15) is 4.79 Å². The molecule has 3 rings (SSSR count). The number of amides is 1. The van der Waals surface area contributed by atoms with Gasteiger partial charge in [-0.3, -0.25) is 9.69 Å². The summed E-state index contributed by atoms with van der Waals surface area (Å²) in [5.74, 6) is 0.827. The van der Waals surface area contributed by atoms with Crippen molar-refractivity contribution in [2.45, 2.75) is 34.6 Å². The fourth-order valence-corrected chi connectivity index (χ4v) is 4.60. The zero-order valence-corrected chi connectivity index (χ0v) is 19.4. The third kappa shape index (κ3) is 5.18. The van der Waals surface area contributed by atoms with Gasteiger partial charge in [0.1, 0.15) is 5.75 Å². The molecular formula is C24H31N3O2S. The number of thiazole rings is 1. The van der Waals surface area contributed by atoms with Crippen LogP contribution in [0.5, 0.6) is 5.75 Å². The van der Waals surface area contributed by atoms with Crippen molar-refractivity contribution < 1.29 is 9.53 Å². The van der Waals surface area contributed by atoms with E-state index in [0.717, 1.165) is 51.9 Å². The molecule has 0 saturated heterocycles. The Bertz CT molecular complexity index is 991. The van der Waals surface area contributed by atoms with Crippen LogP contribution in [0.3, 0.4) is 0 Å². The average molecular weight is 426 g/mol. The van der Waals surface area contributed by atoms with Crippen LogP contribution in [0.15, 0.2) is 36.4 Å². The van der Waals surface area contributed by atoms with Crippen molar-refractivity contribution in [1.82, 2.24) is 9.88 Å². The van der Waals surface area contributed by atoms with Crippen molar-refractivity contribution in [3.63, 3.8) is 0 Å². The maximum Gasteiger partial charge on any atom is 0.260 e. The van der Waals surface area contributed by atoms with Gasteiger partial charge in [-0.25, -0.2) is 4.98 Å². The van der Waals surface area contributed by atoms with Gasteiger partial charge in [-0.15, -0.1) is 0 Å². The van der Waals surface area contributed by atoms with Crippen molar-refractivity contribution in [3.05, 3.63) is 53.1 Å². The lowest BCUT2D eigenvalue weighted by atomic mass is 10.1. The molecule has 0 unspecified atom stereocenters. The van der Waals surface area contributed by atoms with Crippen LogP contribution in [0.1, 0.15) is 42.3 Å². The lowest BCUT2D eigenvalue weighted by Crippen LogP contribution is -2.39. The van der Waals surface area contributed by atoms with Crippen molar-refractivity contribution in [2.24, 2.45) is 0 Å². The molecule has 0 N–H and O–H groups in total. The van der Waals surface area contributed by atoms with Crippen molar-refractivity contribution in [2.75, 3.05) is 37.7 Å².